The summed E-state index contributed by atoms with van der Waals surface area (Å²) in [5.41, 5.74) is 5.26. The van der Waals surface area contributed by atoms with Crippen molar-refractivity contribution in [2.45, 2.75) is 0 Å². The molecular weight excluding hydrogens is 175 g/mol. The molecule has 0 unspecified atom stereocenters. The van der Waals surface area contributed by atoms with Gasteiger partial charge in [-0.3, -0.25) is 5.10 Å². The van der Waals surface area contributed by atoms with Crippen LogP contribution >= 0.6 is 0 Å². The van der Waals surface area contributed by atoms with E-state index < -0.39 is 5.82 Å². The van der Waals surface area contributed by atoms with E-state index in [1.807, 2.05) is 0 Å². The summed E-state index contributed by atoms with van der Waals surface area (Å²) in [5.74, 6) is 0.169. The average molecular weight is 180 g/mol. The molecule has 0 aliphatic carbocycles. The number of hydrogen-bond acceptors (Lipinski definition) is 5. The van der Waals surface area contributed by atoms with E-state index in [-0.39, 0.29) is 11.8 Å². The van der Waals surface area contributed by atoms with Gasteiger partial charge in [0.2, 0.25) is 5.95 Å². The molecule has 0 saturated heterocycles. The van der Waals surface area contributed by atoms with Crippen molar-refractivity contribution < 1.29 is 4.39 Å². The van der Waals surface area contributed by atoms with Crippen LogP contribution in [0.5, 0.6) is 0 Å². The molecule has 13 heavy (non-hydrogen) atoms. The van der Waals surface area contributed by atoms with Gasteiger partial charge in [0.25, 0.3) is 0 Å². The van der Waals surface area contributed by atoms with Crippen molar-refractivity contribution in [3.05, 3.63) is 18.2 Å². The number of aromatic nitrogens is 5. The van der Waals surface area contributed by atoms with E-state index >= 15 is 0 Å². The Morgan fingerprint density at radius 1 is 1.31 bits per heavy atom. The normalized spacial score (nSPS) is 10.2. The van der Waals surface area contributed by atoms with Crippen molar-refractivity contribution in [2.24, 2.45) is 0 Å². The maximum absolute atomic E-state index is 12.4. The van der Waals surface area contributed by atoms with Crippen molar-refractivity contribution in [1.82, 2.24) is 25.1 Å². The summed E-state index contributed by atoms with van der Waals surface area (Å²) in [6.45, 7) is 0. The lowest BCUT2D eigenvalue weighted by atomic mass is 10.5. The molecule has 7 heteroatoms. The Labute approximate surface area is 72.1 Å². The second kappa shape index (κ2) is 2.77. The summed E-state index contributed by atoms with van der Waals surface area (Å²) in [6.07, 6.45) is 2.09. The maximum atomic E-state index is 12.4. The van der Waals surface area contributed by atoms with Gasteiger partial charge in [-0.2, -0.15) is 4.98 Å². The molecule has 2 rings (SSSR count). The van der Waals surface area contributed by atoms with Crippen LogP contribution in [0.4, 0.5) is 10.3 Å². The first kappa shape index (κ1) is 7.59. The van der Waals surface area contributed by atoms with Gasteiger partial charge in [-0.15, -0.1) is 5.10 Å². The molecular formula is C6H5FN6. The van der Waals surface area contributed by atoms with Crippen LogP contribution in [0.15, 0.2) is 12.4 Å². The van der Waals surface area contributed by atoms with E-state index in [9.17, 15) is 4.39 Å². The first-order chi connectivity index (χ1) is 6.25. The van der Waals surface area contributed by atoms with Gasteiger partial charge in [-0.1, -0.05) is 0 Å². The van der Waals surface area contributed by atoms with E-state index in [1.54, 1.807) is 0 Å². The molecule has 66 valence electrons. The fourth-order valence-electron chi connectivity index (χ4n) is 0.809. The fourth-order valence-corrected chi connectivity index (χ4v) is 0.809. The zero-order chi connectivity index (χ0) is 9.26. The molecule has 0 radical (unpaired) electrons. The lowest BCUT2D eigenvalue weighted by molar-refractivity contribution is 0.614. The highest BCUT2D eigenvalue weighted by Crippen LogP contribution is 2.07. The first-order valence-corrected chi connectivity index (χ1v) is 3.41. The topological polar surface area (TPSA) is 93.4 Å². The largest absolute Gasteiger partial charge is 0.366 e. The predicted octanol–water partition coefficient (Wildman–Crippen LogP) is -0.0170. The van der Waals surface area contributed by atoms with Crippen molar-refractivity contribution in [3.8, 4) is 11.6 Å². The Bertz CT molecular complexity index is 407. The highest BCUT2D eigenvalue weighted by molar-refractivity contribution is 5.43. The molecule has 2 heterocycles. The minimum Gasteiger partial charge on any atom is -0.366 e. The number of nitrogens with one attached hydrogen (secondary N) is 1. The van der Waals surface area contributed by atoms with Crippen LogP contribution in [0.2, 0.25) is 0 Å². The summed E-state index contributed by atoms with van der Waals surface area (Å²) >= 11 is 0. The van der Waals surface area contributed by atoms with Crippen molar-refractivity contribution in [3.63, 3.8) is 0 Å². The van der Waals surface area contributed by atoms with E-state index in [4.69, 9.17) is 5.73 Å². The van der Waals surface area contributed by atoms with Crippen molar-refractivity contribution >= 4 is 5.95 Å². The molecule has 2 aromatic heterocycles. The molecule has 0 saturated carbocycles. The zero-order valence-electron chi connectivity index (χ0n) is 6.40. The van der Waals surface area contributed by atoms with E-state index in [1.165, 1.54) is 0 Å². The first-order valence-electron chi connectivity index (χ1n) is 3.41. The van der Waals surface area contributed by atoms with Gasteiger partial charge < -0.3 is 5.73 Å². The number of anilines is 1. The molecule has 0 bridgehead atoms. The highest BCUT2D eigenvalue weighted by Gasteiger charge is 2.05. The Balaban J connectivity index is 2.41. The number of aromatic amines is 1. The van der Waals surface area contributed by atoms with Gasteiger partial charge >= 0.3 is 0 Å². The van der Waals surface area contributed by atoms with Crippen LogP contribution < -0.4 is 5.73 Å². The zero-order valence-corrected chi connectivity index (χ0v) is 6.40. The molecule has 3 N–H and O–H groups in total. The van der Waals surface area contributed by atoms with Crippen LogP contribution in [-0.4, -0.2) is 25.1 Å². The monoisotopic (exact) mass is 180 g/mol. The van der Waals surface area contributed by atoms with E-state index in [2.05, 4.69) is 25.1 Å². The second-order valence-corrected chi connectivity index (χ2v) is 2.27. The molecule has 0 fully saturated rings. The Hall–Kier alpha value is -2.05. The Morgan fingerprint density at radius 3 is 2.54 bits per heavy atom. The fraction of sp³-hybridized carbons (Fsp3) is 0. The van der Waals surface area contributed by atoms with Crippen molar-refractivity contribution in [2.75, 3.05) is 5.73 Å². The van der Waals surface area contributed by atoms with Crippen LogP contribution in [0, 0.1) is 5.82 Å². The number of H-pyrrole nitrogens is 1. The minimum absolute atomic E-state index is 0.0999. The third-order valence-electron chi connectivity index (χ3n) is 1.33. The summed E-state index contributed by atoms with van der Waals surface area (Å²) in [6, 6.07) is 0. The van der Waals surface area contributed by atoms with Gasteiger partial charge in [0.05, 0.1) is 12.4 Å². The Kier molecular flexibility index (Phi) is 1.62. The smallest absolute Gasteiger partial charge is 0.239 e. The summed E-state index contributed by atoms with van der Waals surface area (Å²) < 4.78 is 12.4. The molecule has 2 aromatic rings. The number of nitrogens with two attached hydrogens (primary N) is 1. The van der Waals surface area contributed by atoms with Crippen molar-refractivity contribution in [1.29, 1.82) is 0 Å². The van der Waals surface area contributed by atoms with Crippen LogP contribution in [-0.2, 0) is 0 Å². The number of hydrogen-bond donors (Lipinski definition) is 2. The minimum atomic E-state index is -0.503. The third kappa shape index (κ3) is 1.43. The molecule has 0 atom stereocenters. The molecule has 6 nitrogen and oxygen atoms in total. The van der Waals surface area contributed by atoms with E-state index in [0.717, 1.165) is 12.4 Å². The highest BCUT2D eigenvalue weighted by atomic mass is 19.1. The van der Waals surface area contributed by atoms with Gasteiger partial charge in [-0.05, 0) is 0 Å². The SMILES string of the molecule is Nc1n[nH]c(-c2ncc(F)cn2)n1. The quantitative estimate of drug-likeness (QED) is 0.643. The number of nitrogen functional groups attached to an aromatic ring is 1. The Morgan fingerprint density at radius 2 is 2.00 bits per heavy atom. The number of nitrogens with zero attached hydrogens (tertiary/aromatic N) is 4. The maximum Gasteiger partial charge on any atom is 0.239 e. The molecule has 0 aliphatic heterocycles. The summed E-state index contributed by atoms with van der Waals surface area (Å²) in [4.78, 5) is 11.1. The molecule has 0 aromatic carbocycles. The average Bonchev–Trinajstić information content (AvgIpc) is 2.53. The molecule has 0 amide bonds. The molecule has 0 spiro atoms. The standard InChI is InChI=1S/C6H5FN6/c7-3-1-9-4(10-2-3)5-11-6(8)13-12-5/h1-2H,(H3,8,11,12,13). The van der Waals surface area contributed by atoms with Gasteiger partial charge in [0.15, 0.2) is 17.5 Å². The van der Waals surface area contributed by atoms with Gasteiger partial charge in [0, 0.05) is 0 Å². The van der Waals surface area contributed by atoms with E-state index in [0.29, 0.717) is 5.82 Å². The van der Waals surface area contributed by atoms with Gasteiger partial charge in [0.1, 0.15) is 0 Å². The summed E-state index contributed by atoms with van der Waals surface area (Å²) in [7, 11) is 0. The van der Waals surface area contributed by atoms with Crippen LogP contribution in [0.3, 0.4) is 0 Å². The third-order valence-corrected chi connectivity index (χ3v) is 1.33. The number of halogens is 1. The predicted molar refractivity (Wildman–Crippen MR) is 41.8 cm³/mol. The van der Waals surface area contributed by atoms with Gasteiger partial charge in [-0.25, -0.2) is 14.4 Å². The number of rotatable bonds is 1. The second-order valence-electron chi connectivity index (χ2n) is 2.27. The summed E-state index contributed by atoms with van der Waals surface area (Å²) in [5, 5.41) is 6.09. The molecule has 0 aliphatic rings. The lowest BCUT2D eigenvalue weighted by Gasteiger charge is -1.91. The van der Waals surface area contributed by atoms with Crippen LogP contribution in [0.25, 0.3) is 11.6 Å². The van der Waals surface area contributed by atoms with Crippen LogP contribution in [0.1, 0.15) is 0 Å². The lowest BCUT2D eigenvalue weighted by Crippen LogP contribution is -1.91.